The Hall–Kier alpha value is -1.55. The summed E-state index contributed by atoms with van der Waals surface area (Å²) in [4.78, 5) is 14.3. The van der Waals surface area contributed by atoms with Crippen molar-refractivity contribution in [2.45, 2.75) is 20.4 Å². The highest BCUT2D eigenvalue weighted by Crippen LogP contribution is 2.24. The van der Waals surface area contributed by atoms with E-state index in [2.05, 4.69) is 11.0 Å². The average molecular weight is 236 g/mol. The maximum absolute atomic E-state index is 10.9. The maximum atomic E-state index is 10.9. The second kappa shape index (κ2) is 5.19. The number of nitrogens with zero attached hydrogens (tertiary/aromatic N) is 2. The molecule has 0 aliphatic heterocycles. The standard InChI is InChI=1S/C13H20N2O2/c1-9-7-12(15(5)13(16)17)10(2)6-11(9)8-14(3)4/h6-7H,8H2,1-5H3,(H,16,17). The highest BCUT2D eigenvalue weighted by Gasteiger charge is 2.13. The molecule has 0 atom stereocenters. The van der Waals surface area contributed by atoms with Crippen LogP contribution in [0.25, 0.3) is 0 Å². The van der Waals surface area contributed by atoms with Crippen molar-refractivity contribution >= 4 is 11.8 Å². The highest BCUT2D eigenvalue weighted by atomic mass is 16.4. The van der Waals surface area contributed by atoms with Gasteiger partial charge in [0, 0.05) is 19.3 Å². The first kappa shape index (κ1) is 13.5. The molecule has 1 amide bonds. The summed E-state index contributed by atoms with van der Waals surface area (Å²) in [6.07, 6.45) is -0.937. The van der Waals surface area contributed by atoms with Crippen molar-refractivity contribution in [3.63, 3.8) is 0 Å². The Morgan fingerprint density at radius 1 is 1.18 bits per heavy atom. The van der Waals surface area contributed by atoms with Crippen molar-refractivity contribution in [1.82, 2.24) is 4.90 Å². The summed E-state index contributed by atoms with van der Waals surface area (Å²) in [5.41, 5.74) is 4.08. The molecule has 0 radical (unpaired) electrons. The third-order valence-corrected chi connectivity index (χ3v) is 2.79. The van der Waals surface area contributed by atoms with Crippen molar-refractivity contribution < 1.29 is 9.90 Å². The Kier molecular flexibility index (Phi) is 4.12. The summed E-state index contributed by atoms with van der Waals surface area (Å²) in [6, 6.07) is 3.99. The second-order valence-corrected chi connectivity index (χ2v) is 4.64. The summed E-state index contributed by atoms with van der Waals surface area (Å²) >= 11 is 0. The van der Waals surface area contributed by atoms with Crippen molar-refractivity contribution in [2.75, 3.05) is 26.0 Å². The van der Waals surface area contributed by atoms with E-state index in [1.807, 2.05) is 34.0 Å². The van der Waals surface area contributed by atoms with Crippen LogP contribution >= 0.6 is 0 Å². The lowest BCUT2D eigenvalue weighted by Crippen LogP contribution is -2.25. The molecule has 1 aromatic carbocycles. The van der Waals surface area contributed by atoms with Gasteiger partial charge in [0.15, 0.2) is 0 Å². The van der Waals surface area contributed by atoms with Crippen LogP contribution in [0.2, 0.25) is 0 Å². The van der Waals surface area contributed by atoms with Gasteiger partial charge in [0.25, 0.3) is 0 Å². The van der Waals surface area contributed by atoms with Gasteiger partial charge in [-0.05, 0) is 50.7 Å². The molecule has 0 unspecified atom stereocenters. The Labute approximate surface area is 102 Å². The summed E-state index contributed by atoms with van der Waals surface area (Å²) < 4.78 is 0. The molecule has 94 valence electrons. The summed E-state index contributed by atoms with van der Waals surface area (Å²) in [5.74, 6) is 0. The minimum Gasteiger partial charge on any atom is -0.465 e. The van der Waals surface area contributed by atoms with Gasteiger partial charge in [-0.1, -0.05) is 6.07 Å². The predicted octanol–water partition coefficient (Wildman–Crippen LogP) is 2.48. The number of hydrogen-bond donors (Lipinski definition) is 1. The van der Waals surface area contributed by atoms with Crippen molar-refractivity contribution in [3.05, 3.63) is 28.8 Å². The molecule has 0 spiro atoms. The molecular formula is C13H20N2O2. The molecule has 0 saturated carbocycles. The van der Waals surface area contributed by atoms with Crippen LogP contribution in [0, 0.1) is 13.8 Å². The Bertz CT molecular complexity index is 428. The number of rotatable bonds is 3. The molecule has 1 aromatic rings. The highest BCUT2D eigenvalue weighted by molar-refractivity contribution is 5.86. The zero-order chi connectivity index (χ0) is 13.2. The van der Waals surface area contributed by atoms with Crippen LogP contribution in [-0.4, -0.2) is 37.2 Å². The van der Waals surface area contributed by atoms with Crippen LogP contribution < -0.4 is 4.90 Å². The molecule has 1 N–H and O–H groups in total. The first-order valence-electron chi connectivity index (χ1n) is 5.54. The Morgan fingerprint density at radius 2 is 1.76 bits per heavy atom. The molecular weight excluding hydrogens is 216 g/mol. The Morgan fingerprint density at radius 3 is 2.24 bits per heavy atom. The fraction of sp³-hybridized carbons (Fsp3) is 0.462. The molecule has 17 heavy (non-hydrogen) atoms. The van der Waals surface area contributed by atoms with Gasteiger partial charge in [-0.2, -0.15) is 0 Å². The quantitative estimate of drug-likeness (QED) is 0.876. The van der Waals surface area contributed by atoms with E-state index >= 15 is 0 Å². The lowest BCUT2D eigenvalue weighted by molar-refractivity contribution is 0.203. The molecule has 0 saturated heterocycles. The predicted molar refractivity (Wildman–Crippen MR) is 69.7 cm³/mol. The van der Waals surface area contributed by atoms with Gasteiger partial charge in [-0.3, -0.25) is 4.90 Å². The third kappa shape index (κ3) is 3.20. The van der Waals surface area contributed by atoms with Crippen molar-refractivity contribution in [2.24, 2.45) is 0 Å². The molecule has 1 rings (SSSR count). The van der Waals surface area contributed by atoms with Crippen LogP contribution in [-0.2, 0) is 6.54 Å². The summed E-state index contributed by atoms with van der Waals surface area (Å²) in [7, 11) is 5.61. The van der Waals surface area contributed by atoms with Crippen LogP contribution in [0.1, 0.15) is 16.7 Å². The topological polar surface area (TPSA) is 43.8 Å². The zero-order valence-corrected chi connectivity index (χ0v) is 11.1. The number of carbonyl (C=O) groups is 1. The number of amides is 1. The van der Waals surface area contributed by atoms with Gasteiger partial charge in [0.05, 0.1) is 0 Å². The molecule has 0 aliphatic carbocycles. The van der Waals surface area contributed by atoms with Gasteiger partial charge >= 0.3 is 6.09 Å². The minimum absolute atomic E-state index is 0.748. The summed E-state index contributed by atoms with van der Waals surface area (Å²) in [6.45, 7) is 4.81. The van der Waals surface area contributed by atoms with E-state index in [-0.39, 0.29) is 0 Å². The number of aryl methyl sites for hydroxylation is 2. The molecule has 0 fully saturated rings. The number of carboxylic acid groups (broad SMARTS) is 1. The third-order valence-electron chi connectivity index (χ3n) is 2.79. The molecule has 0 heterocycles. The number of benzene rings is 1. The van der Waals surface area contributed by atoms with E-state index in [0.29, 0.717) is 0 Å². The monoisotopic (exact) mass is 236 g/mol. The lowest BCUT2D eigenvalue weighted by Gasteiger charge is -2.20. The van der Waals surface area contributed by atoms with Gasteiger partial charge in [-0.15, -0.1) is 0 Å². The van der Waals surface area contributed by atoms with Gasteiger partial charge in [-0.25, -0.2) is 4.79 Å². The largest absolute Gasteiger partial charge is 0.465 e. The fourth-order valence-electron chi connectivity index (χ4n) is 1.84. The van der Waals surface area contributed by atoms with E-state index in [1.54, 1.807) is 7.05 Å². The normalized spacial score (nSPS) is 10.7. The van der Waals surface area contributed by atoms with Gasteiger partial charge in [0.2, 0.25) is 0 Å². The lowest BCUT2D eigenvalue weighted by atomic mass is 10.0. The summed E-state index contributed by atoms with van der Waals surface area (Å²) in [5, 5.41) is 8.98. The smallest absolute Gasteiger partial charge is 0.411 e. The molecule has 0 aromatic heterocycles. The van der Waals surface area contributed by atoms with Crippen LogP contribution in [0.3, 0.4) is 0 Å². The van der Waals surface area contributed by atoms with E-state index in [9.17, 15) is 4.79 Å². The second-order valence-electron chi connectivity index (χ2n) is 4.64. The number of anilines is 1. The molecule has 0 aliphatic rings. The van der Waals surface area contributed by atoms with E-state index < -0.39 is 6.09 Å². The molecule has 4 nitrogen and oxygen atoms in total. The zero-order valence-electron chi connectivity index (χ0n) is 11.1. The first-order chi connectivity index (χ1) is 7.82. The van der Waals surface area contributed by atoms with E-state index in [4.69, 9.17) is 5.11 Å². The number of hydrogen-bond acceptors (Lipinski definition) is 2. The minimum atomic E-state index is -0.937. The van der Waals surface area contributed by atoms with Crippen molar-refractivity contribution in [1.29, 1.82) is 0 Å². The van der Waals surface area contributed by atoms with Gasteiger partial charge in [0.1, 0.15) is 0 Å². The van der Waals surface area contributed by atoms with E-state index in [1.165, 1.54) is 10.5 Å². The maximum Gasteiger partial charge on any atom is 0.411 e. The SMILES string of the molecule is Cc1cc(N(C)C(=O)O)c(C)cc1CN(C)C. The molecule has 4 heteroatoms. The van der Waals surface area contributed by atoms with Crippen LogP contribution in [0.5, 0.6) is 0 Å². The fourth-order valence-corrected chi connectivity index (χ4v) is 1.84. The van der Waals surface area contributed by atoms with Crippen LogP contribution in [0.15, 0.2) is 12.1 Å². The first-order valence-corrected chi connectivity index (χ1v) is 5.54. The van der Waals surface area contributed by atoms with Crippen molar-refractivity contribution in [3.8, 4) is 0 Å². The average Bonchev–Trinajstić information content (AvgIpc) is 2.21. The van der Waals surface area contributed by atoms with Crippen LogP contribution in [0.4, 0.5) is 10.5 Å². The van der Waals surface area contributed by atoms with Gasteiger partial charge < -0.3 is 10.0 Å². The molecule has 0 bridgehead atoms. The Balaban J connectivity index is 3.13. The van der Waals surface area contributed by atoms with E-state index in [0.717, 1.165) is 23.4 Å².